The number of aromatic carboxylic acids is 1. The molecule has 29 heavy (non-hydrogen) atoms. The summed E-state index contributed by atoms with van der Waals surface area (Å²) in [5.41, 5.74) is -0.183. The molecular formula is C17H14F2N6O3S. The summed E-state index contributed by atoms with van der Waals surface area (Å²) in [4.78, 5) is 30.3. The number of carboxylic acids is 1. The molecule has 0 unspecified atom stereocenters. The summed E-state index contributed by atoms with van der Waals surface area (Å²) in [6, 6.07) is 2.47. The quantitative estimate of drug-likeness (QED) is 0.521. The van der Waals surface area contributed by atoms with Gasteiger partial charge in [-0.1, -0.05) is 6.07 Å². The van der Waals surface area contributed by atoms with Crippen LogP contribution >= 0.6 is 13.5 Å². The van der Waals surface area contributed by atoms with Crippen molar-refractivity contribution >= 4 is 30.5 Å². The van der Waals surface area contributed by atoms with E-state index in [-0.39, 0.29) is 41.6 Å². The van der Waals surface area contributed by atoms with Crippen LogP contribution < -0.4 is 5.56 Å². The fourth-order valence-corrected chi connectivity index (χ4v) is 2.88. The predicted octanol–water partition coefficient (Wildman–Crippen LogP) is 2.00. The van der Waals surface area contributed by atoms with Crippen molar-refractivity contribution in [2.24, 2.45) is 0 Å². The van der Waals surface area contributed by atoms with E-state index in [9.17, 15) is 18.4 Å². The van der Waals surface area contributed by atoms with Crippen molar-refractivity contribution in [1.29, 1.82) is 0 Å². The molecule has 0 aliphatic heterocycles. The highest BCUT2D eigenvalue weighted by Crippen LogP contribution is 2.23. The number of rotatable bonds is 4. The standard InChI is InChI=1S/C17H12F2N6O3.H2S/c1-8(11-3-2-10(18)4-12(11)19)25-14-13(6-21-25)22-17(23-15(14)26)24-7-9(5-20-24)16(27)28;/h2-8H,1H3,(H,27,28)(H,22,23,26);1H2/t8-;/m0./s1. The van der Waals surface area contributed by atoms with Crippen molar-refractivity contribution in [1.82, 2.24) is 29.5 Å². The first-order chi connectivity index (χ1) is 13.3. The number of halogens is 2. The van der Waals surface area contributed by atoms with E-state index < -0.39 is 29.2 Å². The van der Waals surface area contributed by atoms with Crippen molar-refractivity contribution in [3.8, 4) is 5.95 Å². The first-order valence-electron chi connectivity index (χ1n) is 8.06. The molecule has 0 saturated heterocycles. The highest BCUT2D eigenvalue weighted by atomic mass is 32.1. The predicted molar refractivity (Wildman–Crippen MR) is 103 cm³/mol. The zero-order valence-electron chi connectivity index (χ0n) is 14.8. The van der Waals surface area contributed by atoms with E-state index in [2.05, 4.69) is 20.2 Å². The third-order valence-corrected chi connectivity index (χ3v) is 4.27. The van der Waals surface area contributed by atoms with Crippen LogP contribution in [-0.2, 0) is 0 Å². The SMILES string of the molecule is C[C@@H](c1ccc(F)cc1F)n1ncc2nc(-n3cc(C(=O)O)cn3)[nH]c(=O)c21.S. The Morgan fingerprint density at radius 2 is 2.00 bits per heavy atom. The molecule has 0 bridgehead atoms. The summed E-state index contributed by atoms with van der Waals surface area (Å²) < 4.78 is 29.7. The fourth-order valence-electron chi connectivity index (χ4n) is 2.88. The summed E-state index contributed by atoms with van der Waals surface area (Å²) in [5.74, 6) is -2.62. The Hall–Kier alpha value is -3.54. The van der Waals surface area contributed by atoms with E-state index in [1.54, 1.807) is 6.92 Å². The highest BCUT2D eigenvalue weighted by Gasteiger charge is 2.20. The molecule has 1 aromatic carbocycles. The van der Waals surface area contributed by atoms with Gasteiger partial charge < -0.3 is 5.11 Å². The van der Waals surface area contributed by atoms with E-state index in [4.69, 9.17) is 5.11 Å². The fraction of sp³-hybridized carbons (Fsp3) is 0.118. The van der Waals surface area contributed by atoms with Crippen LogP contribution in [0.3, 0.4) is 0 Å². The summed E-state index contributed by atoms with van der Waals surface area (Å²) in [7, 11) is 0. The number of aromatic nitrogens is 6. The molecule has 3 heterocycles. The van der Waals surface area contributed by atoms with Crippen LogP contribution in [0, 0.1) is 11.6 Å². The summed E-state index contributed by atoms with van der Waals surface area (Å²) in [6.07, 6.45) is 3.65. The van der Waals surface area contributed by atoms with Gasteiger partial charge in [0.1, 0.15) is 17.2 Å². The van der Waals surface area contributed by atoms with Crippen molar-refractivity contribution in [2.75, 3.05) is 0 Å². The van der Waals surface area contributed by atoms with Crippen LogP contribution in [0.4, 0.5) is 8.78 Å². The number of carboxylic acid groups (broad SMARTS) is 1. The van der Waals surface area contributed by atoms with Crippen molar-refractivity contribution in [3.63, 3.8) is 0 Å². The number of aromatic amines is 1. The lowest BCUT2D eigenvalue weighted by molar-refractivity contribution is 0.0697. The van der Waals surface area contributed by atoms with Crippen LogP contribution in [0.5, 0.6) is 0 Å². The number of fused-ring (bicyclic) bond motifs is 1. The molecule has 0 radical (unpaired) electrons. The molecule has 0 amide bonds. The van der Waals surface area contributed by atoms with E-state index in [0.29, 0.717) is 0 Å². The minimum absolute atomic E-state index is 0. The summed E-state index contributed by atoms with van der Waals surface area (Å²) in [6.45, 7) is 1.61. The summed E-state index contributed by atoms with van der Waals surface area (Å²) in [5, 5.41) is 16.9. The van der Waals surface area contributed by atoms with Crippen LogP contribution in [0.25, 0.3) is 17.0 Å². The van der Waals surface area contributed by atoms with Gasteiger partial charge in [-0.05, 0) is 13.0 Å². The van der Waals surface area contributed by atoms with Gasteiger partial charge in [-0.15, -0.1) is 0 Å². The Morgan fingerprint density at radius 3 is 2.66 bits per heavy atom. The molecule has 0 saturated carbocycles. The van der Waals surface area contributed by atoms with Crippen LogP contribution in [0.15, 0.2) is 41.6 Å². The largest absolute Gasteiger partial charge is 0.478 e. The Labute approximate surface area is 168 Å². The third-order valence-electron chi connectivity index (χ3n) is 4.27. The van der Waals surface area contributed by atoms with Gasteiger partial charge in [0.2, 0.25) is 5.95 Å². The minimum atomic E-state index is -1.17. The van der Waals surface area contributed by atoms with E-state index in [1.165, 1.54) is 23.1 Å². The topological polar surface area (TPSA) is 119 Å². The number of hydrogen-bond donors (Lipinski definition) is 2. The van der Waals surface area contributed by atoms with Crippen molar-refractivity contribution < 1.29 is 18.7 Å². The molecule has 1 atom stereocenters. The van der Waals surface area contributed by atoms with Crippen molar-refractivity contribution in [3.05, 3.63) is 69.9 Å². The first-order valence-corrected chi connectivity index (χ1v) is 8.06. The molecule has 0 fully saturated rings. The number of nitrogens with zero attached hydrogens (tertiary/aromatic N) is 5. The van der Waals surface area contributed by atoms with Crippen LogP contribution in [0.2, 0.25) is 0 Å². The van der Waals surface area contributed by atoms with E-state index >= 15 is 0 Å². The molecule has 0 aliphatic rings. The number of nitrogens with one attached hydrogen (secondary N) is 1. The monoisotopic (exact) mass is 420 g/mol. The lowest BCUT2D eigenvalue weighted by Gasteiger charge is -2.14. The molecule has 9 nitrogen and oxygen atoms in total. The second-order valence-electron chi connectivity index (χ2n) is 6.03. The second-order valence-corrected chi connectivity index (χ2v) is 6.03. The Balaban J connectivity index is 0.00000240. The summed E-state index contributed by atoms with van der Waals surface area (Å²) >= 11 is 0. The van der Waals surface area contributed by atoms with Crippen LogP contribution in [0.1, 0.15) is 28.9 Å². The maximum Gasteiger partial charge on any atom is 0.338 e. The van der Waals surface area contributed by atoms with Crippen LogP contribution in [-0.4, -0.2) is 40.6 Å². The Bertz CT molecular complexity index is 1280. The zero-order chi connectivity index (χ0) is 20.0. The molecule has 0 spiro atoms. The van der Waals surface area contributed by atoms with Gasteiger partial charge in [0, 0.05) is 17.8 Å². The molecule has 3 aromatic heterocycles. The smallest absolute Gasteiger partial charge is 0.338 e. The highest BCUT2D eigenvalue weighted by molar-refractivity contribution is 7.59. The Morgan fingerprint density at radius 1 is 1.24 bits per heavy atom. The maximum absolute atomic E-state index is 14.1. The first kappa shape index (κ1) is 20.2. The van der Waals surface area contributed by atoms with Gasteiger partial charge in [0.25, 0.3) is 5.56 Å². The molecule has 12 heteroatoms. The lowest BCUT2D eigenvalue weighted by Crippen LogP contribution is -2.19. The normalized spacial score (nSPS) is 12.0. The van der Waals surface area contributed by atoms with Gasteiger partial charge in [-0.25, -0.2) is 23.2 Å². The molecule has 2 N–H and O–H groups in total. The van der Waals surface area contributed by atoms with E-state index in [0.717, 1.165) is 23.0 Å². The molecule has 150 valence electrons. The molecule has 0 aliphatic carbocycles. The number of benzene rings is 1. The third kappa shape index (κ3) is 3.49. The average Bonchev–Trinajstić information content (AvgIpc) is 3.28. The van der Waals surface area contributed by atoms with Gasteiger partial charge >= 0.3 is 5.97 Å². The van der Waals surface area contributed by atoms with Gasteiger partial charge in [-0.3, -0.25) is 14.5 Å². The number of hydrogen-bond acceptors (Lipinski definition) is 5. The Kier molecular flexibility index (Phi) is 5.20. The molecular weight excluding hydrogens is 406 g/mol. The van der Waals surface area contributed by atoms with Gasteiger partial charge in [-0.2, -0.15) is 23.7 Å². The second kappa shape index (κ2) is 7.47. The average molecular weight is 420 g/mol. The maximum atomic E-state index is 14.1. The minimum Gasteiger partial charge on any atom is -0.478 e. The van der Waals surface area contributed by atoms with E-state index in [1.807, 2.05) is 0 Å². The number of H-pyrrole nitrogens is 1. The number of carbonyl (C=O) groups is 1. The van der Waals surface area contributed by atoms with Gasteiger partial charge in [0.05, 0.1) is 24.0 Å². The van der Waals surface area contributed by atoms with Gasteiger partial charge in [0.15, 0.2) is 5.52 Å². The van der Waals surface area contributed by atoms with Crippen molar-refractivity contribution in [2.45, 2.75) is 13.0 Å². The molecule has 4 rings (SSSR count). The zero-order valence-corrected chi connectivity index (χ0v) is 15.8. The molecule has 4 aromatic rings. The lowest BCUT2D eigenvalue weighted by atomic mass is 10.1.